The number of amides is 1. The van der Waals surface area contributed by atoms with Gasteiger partial charge in [-0.2, -0.15) is 0 Å². The molecular weight excluding hydrogens is 378 g/mol. The normalized spacial score (nSPS) is 13.6. The fourth-order valence-electron chi connectivity index (χ4n) is 2.96. The van der Waals surface area contributed by atoms with Gasteiger partial charge in [0.2, 0.25) is 0 Å². The zero-order chi connectivity index (χ0) is 20.8. The van der Waals surface area contributed by atoms with E-state index in [0.29, 0.717) is 18.9 Å². The molecule has 0 unspecified atom stereocenters. The summed E-state index contributed by atoms with van der Waals surface area (Å²) in [7, 11) is 0. The number of nitro benzene ring substituents is 1. The van der Waals surface area contributed by atoms with Gasteiger partial charge in [0.1, 0.15) is 0 Å². The quantitative estimate of drug-likeness (QED) is 0.452. The van der Waals surface area contributed by atoms with Crippen LogP contribution < -0.4 is 10.2 Å². The van der Waals surface area contributed by atoms with E-state index in [2.05, 4.69) is 10.2 Å². The Kier molecular flexibility index (Phi) is 6.40. The molecule has 0 saturated carbocycles. The lowest BCUT2D eigenvalue weighted by atomic mass is 10.1. The van der Waals surface area contributed by atoms with Crippen molar-refractivity contribution in [3.63, 3.8) is 0 Å². The Morgan fingerprint density at radius 2 is 1.79 bits per heavy atom. The first-order chi connectivity index (χ1) is 14.0. The molecule has 0 aliphatic carbocycles. The maximum Gasteiger partial charge on any atom is 0.338 e. The second-order valence-electron chi connectivity index (χ2n) is 6.35. The molecule has 1 aliphatic heterocycles. The number of benzene rings is 2. The summed E-state index contributed by atoms with van der Waals surface area (Å²) in [6.07, 6.45) is 0. The van der Waals surface area contributed by atoms with Crippen molar-refractivity contribution in [1.82, 2.24) is 0 Å². The van der Waals surface area contributed by atoms with Crippen LogP contribution in [0, 0.1) is 10.1 Å². The molecule has 1 fully saturated rings. The molecule has 9 nitrogen and oxygen atoms in total. The third-order valence-electron chi connectivity index (χ3n) is 4.40. The Morgan fingerprint density at radius 1 is 1.14 bits per heavy atom. The minimum Gasteiger partial charge on any atom is -0.462 e. The number of non-ortho nitro benzene ring substituents is 1. The number of carbonyl (C=O) groups is 2. The second-order valence-corrected chi connectivity index (χ2v) is 6.35. The van der Waals surface area contributed by atoms with Crippen molar-refractivity contribution in [3.8, 4) is 0 Å². The smallest absolute Gasteiger partial charge is 0.338 e. The fraction of sp³-hybridized carbons (Fsp3) is 0.300. The van der Waals surface area contributed by atoms with Crippen LogP contribution in [-0.4, -0.2) is 49.7 Å². The molecule has 1 aliphatic rings. The fourth-order valence-corrected chi connectivity index (χ4v) is 2.96. The highest BCUT2D eigenvalue weighted by Gasteiger charge is 2.19. The van der Waals surface area contributed by atoms with E-state index in [0.717, 1.165) is 30.9 Å². The van der Waals surface area contributed by atoms with Gasteiger partial charge in [0.05, 0.1) is 30.3 Å². The Hall–Kier alpha value is -3.46. The average Bonchev–Trinajstić information content (AvgIpc) is 2.74. The number of morpholine rings is 1. The molecule has 2 aromatic carbocycles. The monoisotopic (exact) mass is 399 g/mol. The number of ether oxygens (including phenoxy) is 2. The van der Waals surface area contributed by atoms with Crippen LogP contribution in [0.25, 0.3) is 0 Å². The Bertz CT molecular complexity index is 907. The summed E-state index contributed by atoms with van der Waals surface area (Å²) < 4.78 is 10.2. The van der Waals surface area contributed by atoms with Gasteiger partial charge in [-0.1, -0.05) is 0 Å². The van der Waals surface area contributed by atoms with E-state index in [1.54, 1.807) is 19.1 Å². The van der Waals surface area contributed by atoms with Gasteiger partial charge in [0.25, 0.3) is 11.6 Å². The lowest BCUT2D eigenvalue weighted by Crippen LogP contribution is -2.36. The maximum absolute atomic E-state index is 12.6. The molecule has 1 amide bonds. The van der Waals surface area contributed by atoms with E-state index in [4.69, 9.17) is 9.47 Å². The van der Waals surface area contributed by atoms with Gasteiger partial charge in [-0.15, -0.1) is 0 Å². The van der Waals surface area contributed by atoms with Crippen LogP contribution in [0.2, 0.25) is 0 Å². The first-order valence-electron chi connectivity index (χ1n) is 9.18. The van der Waals surface area contributed by atoms with E-state index >= 15 is 0 Å². The van der Waals surface area contributed by atoms with Gasteiger partial charge >= 0.3 is 5.97 Å². The molecule has 0 radical (unpaired) electrons. The maximum atomic E-state index is 12.6. The number of anilines is 2. The molecule has 0 bridgehead atoms. The molecule has 0 atom stereocenters. The molecule has 9 heteroatoms. The number of hydrogen-bond donors (Lipinski definition) is 1. The van der Waals surface area contributed by atoms with E-state index < -0.39 is 16.8 Å². The summed E-state index contributed by atoms with van der Waals surface area (Å²) in [4.78, 5) is 37.2. The van der Waals surface area contributed by atoms with Crippen LogP contribution in [0.3, 0.4) is 0 Å². The molecule has 0 spiro atoms. The number of hydrogen-bond acceptors (Lipinski definition) is 7. The van der Waals surface area contributed by atoms with Crippen molar-refractivity contribution in [2.24, 2.45) is 0 Å². The van der Waals surface area contributed by atoms with Crippen molar-refractivity contribution < 1.29 is 24.0 Å². The molecule has 3 rings (SSSR count). The van der Waals surface area contributed by atoms with Crippen molar-refractivity contribution in [2.75, 3.05) is 43.1 Å². The molecule has 152 valence electrons. The van der Waals surface area contributed by atoms with Crippen molar-refractivity contribution in [1.29, 1.82) is 0 Å². The number of nitrogens with one attached hydrogen (secondary N) is 1. The van der Waals surface area contributed by atoms with E-state index in [1.165, 1.54) is 6.07 Å². The lowest BCUT2D eigenvalue weighted by molar-refractivity contribution is -0.384. The molecular formula is C20H21N3O6. The minimum atomic E-state index is -0.722. The van der Waals surface area contributed by atoms with Gasteiger partial charge in [-0.3, -0.25) is 14.9 Å². The highest BCUT2D eigenvalue weighted by atomic mass is 16.6. The van der Waals surface area contributed by atoms with Crippen LogP contribution in [0.5, 0.6) is 0 Å². The van der Waals surface area contributed by atoms with Gasteiger partial charge < -0.3 is 19.7 Å². The number of carbonyl (C=O) groups excluding carboxylic acids is 2. The Labute approximate surface area is 167 Å². The molecule has 29 heavy (non-hydrogen) atoms. The summed E-state index contributed by atoms with van der Waals surface area (Å²) in [5.41, 5.74) is 1.15. The summed E-state index contributed by atoms with van der Waals surface area (Å²) >= 11 is 0. The van der Waals surface area contributed by atoms with E-state index in [9.17, 15) is 19.7 Å². The number of nitrogens with zero attached hydrogens (tertiary/aromatic N) is 2. The zero-order valence-corrected chi connectivity index (χ0v) is 15.9. The highest BCUT2D eigenvalue weighted by Crippen LogP contribution is 2.22. The highest BCUT2D eigenvalue weighted by molar-refractivity contribution is 6.06. The average molecular weight is 399 g/mol. The van der Waals surface area contributed by atoms with E-state index in [1.807, 2.05) is 12.1 Å². The van der Waals surface area contributed by atoms with Crippen LogP contribution in [-0.2, 0) is 9.47 Å². The lowest BCUT2D eigenvalue weighted by Gasteiger charge is -2.28. The van der Waals surface area contributed by atoms with Gasteiger partial charge in [0.15, 0.2) is 0 Å². The second kappa shape index (κ2) is 9.16. The predicted octanol–water partition coefficient (Wildman–Crippen LogP) is 2.86. The third-order valence-corrected chi connectivity index (χ3v) is 4.40. The molecule has 1 heterocycles. The van der Waals surface area contributed by atoms with Gasteiger partial charge in [-0.25, -0.2) is 4.79 Å². The van der Waals surface area contributed by atoms with E-state index in [-0.39, 0.29) is 23.4 Å². The third kappa shape index (κ3) is 5.08. The van der Waals surface area contributed by atoms with Crippen LogP contribution in [0.1, 0.15) is 27.6 Å². The SMILES string of the molecule is CCOC(=O)c1cc(C(=O)Nc2ccc(N3CCOCC3)cc2)cc([N+](=O)[O-])c1. The minimum absolute atomic E-state index is 0.000455. The zero-order valence-electron chi connectivity index (χ0n) is 15.9. The molecule has 1 saturated heterocycles. The molecule has 2 aromatic rings. The van der Waals surface area contributed by atoms with Crippen molar-refractivity contribution >= 4 is 28.9 Å². The van der Waals surface area contributed by atoms with Crippen LogP contribution >= 0.6 is 0 Å². The standard InChI is InChI=1S/C20H21N3O6/c1-2-29-20(25)15-11-14(12-18(13-15)23(26)27)19(24)21-16-3-5-17(6-4-16)22-7-9-28-10-8-22/h3-6,11-13H,2,7-10H2,1H3,(H,21,24). The first kappa shape index (κ1) is 20.3. The predicted molar refractivity (Wildman–Crippen MR) is 106 cm³/mol. The summed E-state index contributed by atoms with van der Waals surface area (Å²) in [6, 6.07) is 10.8. The van der Waals surface area contributed by atoms with Crippen LogP contribution in [0.15, 0.2) is 42.5 Å². The largest absolute Gasteiger partial charge is 0.462 e. The van der Waals surface area contributed by atoms with Crippen molar-refractivity contribution in [3.05, 3.63) is 63.7 Å². The number of rotatable bonds is 6. The first-order valence-corrected chi connectivity index (χ1v) is 9.18. The van der Waals surface area contributed by atoms with Crippen LogP contribution in [0.4, 0.5) is 17.1 Å². The molecule has 1 N–H and O–H groups in total. The Morgan fingerprint density at radius 3 is 2.41 bits per heavy atom. The van der Waals surface area contributed by atoms with Crippen molar-refractivity contribution in [2.45, 2.75) is 6.92 Å². The molecule has 0 aromatic heterocycles. The summed E-state index contributed by atoms with van der Waals surface area (Å²) in [5, 5.41) is 13.9. The summed E-state index contributed by atoms with van der Waals surface area (Å²) in [6.45, 7) is 4.70. The topological polar surface area (TPSA) is 111 Å². The van der Waals surface area contributed by atoms with Gasteiger partial charge in [0, 0.05) is 42.2 Å². The summed E-state index contributed by atoms with van der Waals surface area (Å²) in [5.74, 6) is -1.28. The number of nitro groups is 1. The van der Waals surface area contributed by atoms with Gasteiger partial charge in [-0.05, 0) is 37.3 Å². The Balaban J connectivity index is 1.77. The number of esters is 1.